The molecule has 2 fully saturated rings. The van der Waals surface area contributed by atoms with Crippen LogP contribution >= 0.6 is 0 Å². The number of carbonyl (C=O) groups is 4. The summed E-state index contributed by atoms with van der Waals surface area (Å²) in [6.07, 6.45) is 3.11. The molecule has 0 spiro atoms. The maximum Gasteiger partial charge on any atom is 0.326 e. The fourth-order valence-electron chi connectivity index (χ4n) is 4.28. The van der Waals surface area contributed by atoms with Gasteiger partial charge in [0.25, 0.3) is 11.8 Å². The van der Waals surface area contributed by atoms with E-state index in [2.05, 4.69) is 24.5 Å². The molecule has 1 aliphatic heterocycles. The first-order valence-electron chi connectivity index (χ1n) is 10.8. The molecule has 1 saturated carbocycles. The summed E-state index contributed by atoms with van der Waals surface area (Å²) >= 11 is 0. The normalized spacial score (nSPS) is 28.3. The van der Waals surface area contributed by atoms with Crippen molar-refractivity contribution < 1.29 is 23.9 Å². The molecule has 2 N–H and O–H groups in total. The van der Waals surface area contributed by atoms with E-state index < -0.39 is 36.6 Å². The van der Waals surface area contributed by atoms with E-state index in [0.717, 1.165) is 29.7 Å². The highest BCUT2D eigenvalue weighted by Gasteiger charge is 2.49. The maximum absolute atomic E-state index is 12.9. The minimum absolute atomic E-state index is 0.0658. The van der Waals surface area contributed by atoms with Crippen molar-refractivity contribution in [3.8, 4) is 0 Å². The van der Waals surface area contributed by atoms with Crippen molar-refractivity contribution in [1.29, 1.82) is 0 Å². The van der Waals surface area contributed by atoms with Crippen LogP contribution in [0.15, 0.2) is 24.3 Å². The lowest BCUT2D eigenvalue weighted by atomic mass is 9.78. The first-order valence-corrected chi connectivity index (χ1v) is 10.8. The molecule has 4 atom stereocenters. The zero-order valence-corrected chi connectivity index (χ0v) is 18.6. The Morgan fingerprint density at radius 1 is 1.19 bits per heavy atom. The van der Waals surface area contributed by atoms with Crippen LogP contribution < -0.4 is 10.6 Å². The molecule has 0 radical (unpaired) electrons. The second-order valence-corrected chi connectivity index (χ2v) is 8.91. The summed E-state index contributed by atoms with van der Waals surface area (Å²) in [5.41, 5.74) is 0.401. The zero-order chi connectivity index (χ0) is 22.8. The summed E-state index contributed by atoms with van der Waals surface area (Å²) in [5, 5.41) is 5.58. The van der Waals surface area contributed by atoms with Gasteiger partial charge in [0.05, 0.1) is 0 Å². The third-order valence-electron chi connectivity index (χ3n) is 6.61. The molecule has 168 valence electrons. The molecule has 0 unspecified atom stereocenters. The van der Waals surface area contributed by atoms with Crippen LogP contribution in [-0.2, 0) is 24.7 Å². The topological polar surface area (TPSA) is 105 Å². The van der Waals surface area contributed by atoms with Gasteiger partial charge in [-0.2, -0.15) is 0 Å². The standard InChI is InChI=1S/C23H31N3O5/c1-14-8-10-17(11-9-14)23(4)21(29)26(22(30)25-23)12-20(28)31-13-19(27)24-18-7-5-6-15(2)16(18)3/h8-11,15-16,18H,5-7,12-13H2,1-4H3,(H,24,27)(H,25,30)/t15-,16-,18+,23-/m0/s1. The number of hydrogen-bond donors (Lipinski definition) is 2. The van der Waals surface area contributed by atoms with Crippen LogP contribution in [0.2, 0.25) is 0 Å². The molecule has 1 aliphatic carbocycles. The van der Waals surface area contributed by atoms with E-state index in [1.807, 2.05) is 19.1 Å². The Bertz CT molecular complexity index is 868. The van der Waals surface area contributed by atoms with E-state index in [-0.39, 0.29) is 11.9 Å². The molecule has 8 nitrogen and oxygen atoms in total. The van der Waals surface area contributed by atoms with Crippen molar-refractivity contribution in [1.82, 2.24) is 15.5 Å². The molecule has 4 amide bonds. The van der Waals surface area contributed by atoms with E-state index in [1.54, 1.807) is 19.1 Å². The van der Waals surface area contributed by atoms with Gasteiger partial charge in [-0.25, -0.2) is 4.79 Å². The third-order valence-corrected chi connectivity index (χ3v) is 6.61. The smallest absolute Gasteiger partial charge is 0.326 e. The van der Waals surface area contributed by atoms with E-state index in [4.69, 9.17) is 4.74 Å². The summed E-state index contributed by atoms with van der Waals surface area (Å²) in [5.74, 6) is -0.825. The number of urea groups is 1. The third kappa shape index (κ3) is 4.89. The zero-order valence-electron chi connectivity index (χ0n) is 18.6. The van der Waals surface area contributed by atoms with Gasteiger partial charge in [0, 0.05) is 6.04 Å². The average molecular weight is 430 g/mol. The summed E-state index contributed by atoms with van der Waals surface area (Å²) in [7, 11) is 0. The van der Waals surface area contributed by atoms with Crippen molar-refractivity contribution in [2.75, 3.05) is 13.2 Å². The molecule has 2 aliphatic rings. The van der Waals surface area contributed by atoms with E-state index in [9.17, 15) is 19.2 Å². The lowest BCUT2D eigenvalue weighted by molar-refractivity contribution is -0.151. The Labute approximate surface area is 182 Å². The molecular weight excluding hydrogens is 398 g/mol. The van der Waals surface area contributed by atoms with Crippen LogP contribution in [0.1, 0.15) is 51.2 Å². The van der Waals surface area contributed by atoms with Gasteiger partial charge in [0.15, 0.2) is 6.61 Å². The highest BCUT2D eigenvalue weighted by Crippen LogP contribution is 2.30. The van der Waals surface area contributed by atoms with E-state index in [1.165, 1.54) is 0 Å². The summed E-state index contributed by atoms with van der Waals surface area (Å²) < 4.78 is 5.03. The molecule has 31 heavy (non-hydrogen) atoms. The Morgan fingerprint density at radius 3 is 2.55 bits per heavy atom. The highest BCUT2D eigenvalue weighted by atomic mass is 16.5. The predicted octanol–water partition coefficient (Wildman–Crippen LogP) is 2.25. The molecule has 1 saturated heterocycles. The van der Waals surface area contributed by atoms with Gasteiger partial charge in [-0.1, -0.05) is 56.5 Å². The van der Waals surface area contributed by atoms with Crippen molar-refractivity contribution in [2.24, 2.45) is 11.8 Å². The molecule has 0 bridgehead atoms. The summed E-state index contributed by atoms with van der Waals surface area (Å²) in [6, 6.07) is 6.64. The van der Waals surface area contributed by atoms with Crippen LogP contribution in [0.5, 0.6) is 0 Å². The van der Waals surface area contributed by atoms with Gasteiger partial charge in [-0.3, -0.25) is 19.3 Å². The van der Waals surface area contributed by atoms with E-state index in [0.29, 0.717) is 17.4 Å². The Morgan fingerprint density at radius 2 is 1.87 bits per heavy atom. The number of carbonyl (C=O) groups excluding carboxylic acids is 4. The van der Waals surface area contributed by atoms with Gasteiger partial charge < -0.3 is 15.4 Å². The van der Waals surface area contributed by atoms with Gasteiger partial charge in [-0.05, 0) is 37.7 Å². The molecule has 1 aromatic rings. The number of nitrogens with zero attached hydrogens (tertiary/aromatic N) is 1. The van der Waals surface area contributed by atoms with Gasteiger partial charge in [0.2, 0.25) is 0 Å². The Hall–Kier alpha value is -2.90. The molecular formula is C23H31N3O5. The Kier molecular flexibility index (Phi) is 6.67. The second kappa shape index (κ2) is 9.08. The fourth-order valence-corrected chi connectivity index (χ4v) is 4.28. The number of nitrogens with one attached hydrogen (secondary N) is 2. The van der Waals surface area contributed by atoms with Gasteiger partial charge >= 0.3 is 12.0 Å². The first-order chi connectivity index (χ1) is 14.6. The molecule has 8 heteroatoms. The number of rotatable bonds is 6. The number of benzene rings is 1. The summed E-state index contributed by atoms with van der Waals surface area (Å²) in [4.78, 5) is 50.5. The van der Waals surface area contributed by atoms with Crippen LogP contribution in [0.4, 0.5) is 4.79 Å². The number of imide groups is 1. The number of ether oxygens (including phenoxy) is 1. The number of amides is 4. The molecule has 1 aromatic carbocycles. The van der Waals surface area contributed by atoms with Crippen LogP contribution in [0.3, 0.4) is 0 Å². The van der Waals surface area contributed by atoms with Crippen molar-refractivity contribution in [3.63, 3.8) is 0 Å². The first kappa shape index (κ1) is 22.8. The summed E-state index contributed by atoms with van der Waals surface area (Å²) in [6.45, 7) is 6.83. The number of hydrogen-bond acceptors (Lipinski definition) is 5. The predicted molar refractivity (Wildman–Crippen MR) is 114 cm³/mol. The van der Waals surface area contributed by atoms with Crippen molar-refractivity contribution >= 4 is 23.8 Å². The Balaban J connectivity index is 1.53. The number of esters is 1. The van der Waals surface area contributed by atoms with Gasteiger partial charge in [-0.15, -0.1) is 0 Å². The second-order valence-electron chi connectivity index (χ2n) is 8.91. The minimum Gasteiger partial charge on any atom is -0.454 e. The fraction of sp³-hybridized carbons (Fsp3) is 0.565. The van der Waals surface area contributed by atoms with Crippen LogP contribution in [0, 0.1) is 18.8 Å². The SMILES string of the molecule is Cc1ccc([C@]2(C)NC(=O)N(CC(=O)OCC(=O)N[C@@H]3CCC[C@H](C)[C@@H]3C)C2=O)cc1. The van der Waals surface area contributed by atoms with Gasteiger partial charge in [0.1, 0.15) is 12.1 Å². The van der Waals surface area contributed by atoms with Crippen molar-refractivity contribution in [3.05, 3.63) is 35.4 Å². The monoisotopic (exact) mass is 429 g/mol. The number of aryl methyl sites for hydroxylation is 1. The maximum atomic E-state index is 12.9. The average Bonchev–Trinajstić information content (AvgIpc) is 2.94. The largest absolute Gasteiger partial charge is 0.454 e. The van der Waals surface area contributed by atoms with Crippen molar-refractivity contribution in [2.45, 2.75) is 58.5 Å². The molecule has 1 heterocycles. The minimum atomic E-state index is -1.25. The lowest BCUT2D eigenvalue weighted by Gasteiger charge is -2.34. The van der Waals surface area contributed by atoms with Crippen LogP contribution in [-0.4, -0.2) is 47.9 Å². The van der Waals surface area contributed by atoms with E-state index >= 15 is 0 Å². The lowest BCUT2D eigenvalue weighted by Crippen LogP contribution is -2.45. The molecule has 3 rings (SSSR count). The molecule has 0 aromatic heterocycles. The highest BCUT2D eigenvalue weighted by molar-refractivity contribution is 6.08. The quantitative estimate of drug-likeness (QED) is 0.533. The van der Waals surface area contributed by atoms with Crippen LogP contribution in [0.25, 0.3) is 0 Å².